The molecule has 0 aromatic carbocycles. The topological polar surface area (TPSA) is 74.6 Å². The van der Waals surface area contributed by atoms with E-state index in [2.05, 4.69) is 0 Å². The Hall–Kier alpha value is -1.06. The van der Waals surface area contributed by atoms with Gasteiger partial charge in [-0.1, -0.05) is 26.7 Å². The van der Waals surface area contributed by atoms with Gasteiger partial charge < -0.3 is 10.2 Å². The molecule has 0 saturated heterocycles. The Balaban J connectivity index is 4.24. The Bertz CT molecular complexity index is 188. The maximum absolute atomic E-state index is 10.7. The van der Waals surface area contributed by atoms with Crippen molar-refractivity contribution >= 4 is 11.9 Å². The standard InChI is InChI=1S/C9H16O4/c1-3-4-5-7(9(12)13)6(2)8(10)11/h6-7H,3-5H2,1-2H3,(H,10,11)(H,12,13). The zero-order chi connectivity index (χ0) is 10.4. The van der Waals surface area contributed by atoms with Gasteiger partial charge in [0.1, 0.15) is 0 Å². The molecule has 76 valence electrons. The van der Waals surface area contributed by atoms with E-state index in [1.807, 2.05) is 6.92 Å². The van der Waals surface area contributed by atoms with Gasteiger partial charge in [-0.3, -0.25) is 9.59 Å². The fraction of sp³-hybridized carbons (Fsp3) is 0.778. The van der Waals surface area contributed by atoms with Crippen LogP contribution in [0.5, 0.6) is 0 Å². The van der Waals surface area contributed by atoms with Crippen LogP contribution in [0.3, 0.4) is 0 Å². The molecule has 0 heterocycles. The molecule has 2 unspecified atom stereocenters. The quantitative estimate of drug-likeness (QED) is 0.663. The first-order chi connectivity index (χ1) is 6.00. The van der Waals surface area contributed by atoms with E-state index in [0.717, 1.165) is 12.8 Å². The Morgan fingerprint density at radius 1 is 1.23 bits per heavy atom. The first-order valence-corrected chi connectivity index (χ1v) is 4.46. The summed E-state index contributed by atoms with van der Waals surface area (Å²) in [5.41, 5.74) is 0. The highest BCUT2D eigenvalue weighted by atomic mass is 16.4. The van der Waals surface area contributed by atoms with Gasteiger partial charge in [0.15, 0.2) is 0 Å². The molecule has 4 nitrogen and oxygen atoms in total. The fourth-order valence-electron chi connectivity index (χ4n) is 1.18. The first-order valence-electron chi connectivity index (χ1n) is 4.46. The minimum atomic E-state index is -1.04. The zero-order valence-corrected chi connectivity index (χ0v) is 7.99. The van der Waals surface area contributed by atoms with Crippen molar-refractivity contribution in [3.63, 3.8) is 0 Å². The summed E-state index contributed by atoms with van der Waals surface area (Å²) in [5, 5.41) is 17.4. The minimum Gasteiger partial charge on any atom is -0.481 e. The van der Waals surface area contributed by atoms with Gasteiger partial charge in [-0.15, -0.1) is 0 Å². The Labute approximate surface area is 77.6 Å². The normalized spacial score (nSPS) is 14.9. The van der Waals surface area contributed by atoms with Crippen LogP contribution in [-0.4, -0.2) is 22.2 Å². The number of unbranched alkanes of at least 4 members (excludes halogenated alkanes) is 1. The van der Waals surface area contributed by atoms with E-state index >= 15 is 0 Å². The molecule has 2 atom stereocenters. The van der Waals surface area contributed by atoms with Gasteiger partial charge in [0, 0.05) is 0 Å². The lowest BCUT2D eigenvalue weighted by atomic mass is 9.89. The zero-order valence-electron chi connectivity index (χ0n) is 7.99. The number of hydrogen-bond donors (Lipinski definition) is 2. The number of carbonyl (C=O) groups is 2. The molecule has 0 amide bonds. The molecule has 0 saturated carbocycles. The summed E-state index contributed by atoms with van der Waals surface area (Å²) in [4.78, 5) is 21.2. The monoisotopic (exact) mass is 188 g/mol. The predicted octanol–water partition coefficient (Wildman–Crippen LogP) is 1.60. The smallest absolute Gasteiger partial charge is 0.307 e. The molecule has 0 spiro atoms. The largest absolute Gasteiger partial charge is 0.481 e. The maximum Gasteiger partial charge on any atom is 0.307 e. The van der Waals surface area contributed by atoms with Crippen LogP contribution in [0.25, 0.3) is 0 Å². The van der Waals surface area contributed by atoms with E-state index in [0.29, 0.717) is 6.42 Å². The van der Waals surface area contributed by atoms with Crippen LogP contribution in [0.15, 0.2) is 0 Å². The Morgan fingerprint density at radius 2 is 1.77 bits per heavy atom. The second-order valence-corrected chi connectivity index (χ2v) is 3.21. The van der Waals surface area contributed by atoms with Gasteiger partial charge in [0.2, 0.25) is 0 Å². The molecule has 0 aromatic rings. The van der Waals surface area contributed by atoms with Crippen molar-refractivity contribution in [2.45, 2.75) is 33.1 Å². The second-order valence-electron chi connectivity index (χ2n) is 3.21. The van der Waals surface area contributed by atoms with E-state index in [1.165, 1.54) is 6.92 Å². The van der Waals surface area contributed by atoms with Crippen LogP contribution in [-0.2, 0) is 9.59 Å². The van der Waals surface area contributed by atoms with Crippen LogP contribution in [0, 0.1) is 11.8 Å². The van der Waals surface area contributed by atoms with Crippen LogP contribution in [0.4, 0.5) is 0 Å². The van der Waals surface area contributed by atoms with Crippen LogP contribution in [0.2, 0.25) is 0 Å². The highest BCUT2D eigenvalue weighted by molar-refractivity contribution is 5.79. The molecule has 0 aliphatic rings. The summed E-state index contributed by atoms with van der Waals surface area (Å²) in [5.74, 6) is -3.60. The number of hydrogen-bond acceptors (Lipinski definition) is 2. The Kier molecular flexibility index (Phi) is 5.11. The van der Waals surface area contributed by atoms with E-state index < -0.39 is 23.8 Å². The predicted molar refractivity (Wildman–Crippen MR) is 47.5 cm³/mol. The molecule has 0 aromatic heterocycles. The number of carboxylic acids is 2. The first kappa shape index (κ1) is 11.9. The third-order valence-electron chi connectivity index (χ3n) is 2.18. The van der Waals surface area contributed by atoms with E-state index in [9.17, 15) is 9.59 Å². The van der Waals surface area contributed by atoms with E-state index in [4.69, 9.17) is 10.2 Å². The van der Waals surface area contributed by atoms with Crippen molar-refractivity contribution in [1.29, 1.82) is 0 Å². The van der Waals surface area contributed by atoms with Gasteiger partial charge >= 0.3 is 11.9 Å². The molecule has 0 bridgehead atoms. The highest BCUT2D eigenvalue weighted by Gasteiger charge is 2.28. The average Bonchev–Trinajstić information content (AvgIpc) is 2.04. The molecule has 0 aliphatic carbocycles. The molecule has 0 rings (SSSR count). The summed E-state index contributed by atoms with van der Waals surface area (Å²) in [6.07, 6.45) is 2.09. The van der Waals surface area contributed by atoms with Gasteiger partial charge in [0.05, 0.1) is 11.8 Å². The van der Waals surface area contributed by atoms with Crippen LogP contribution in [0.1, 0.15) is 33.1 Å². The van der Waals surface area contributed by atoms with Crippen molar-refractivity contribution in [2.24, 2.45) is 11.8 Å². The molecule has 2 N–H and O–H groups in total. The second kappa shape index (κ2) is 5.56. The lowest BCUT2D eigenvalue weighted by Gasteiger charge is -2.15. The lowest BCUT2D eigenvalue weighted by molar-refractivity contribution is -0.153. The van der Waals surface area contributed by atoms with E-state index in [1.54, 1.807) is 0 Å². The molecule has 13 heavy (non-hydrogen) atoms. The van der Waals surface area contributed by atoms with Crippen LogP contribution < -0.4 is 0 Å². The van der Waals surface area contributed by atoms with Gasteiger partial charge in [-0.05, 0) is 6.42 Å². The fourth-order valence-corrected chi connectivity index (χ4v) is 1.18. The van der Waals surface area contributed by atoms with E-state index in [-0.39, 0.29) is 0 Å². The number of aliphatic carboxylic acids is 2. The highest BCUT2D eigenvalue weighted by Crippen LogP contribution is 2.19. The molecule has 0 aliphatic heterocycles. The molecule has 0 fully saturated rings. The molecule has 4 heteroatoms. The van der Waals surface area contributed by atoms with Crippen molar-refractivity contribution in [3.05, 3.63) is 0 Å². The van der Waals surface area contributed by atoms with Crippen LogP contribution >= 0.6 is 0 Å². The molecular weight excluding hydrogens is 172 g/mol. The summed E-state index contributed by atoms with van der Waals surface area (Å²) in [6.45, 7) is 3.39. The van der Waals surface area contributed by atoms with Crippen molar-refractivity contribution in [3.8, 4) is 0 Å². The third-order valence-corrected chi connectivity index (χ3v) is 2.18. The SMILES string of the molecule is CCCCC(C(=O)O)C(C)C(=O)O. The number of rotatable bonds is 6. The molecular formula is C9H16O4. The van der Waals surface area contributed by atoms with Gasteiger partial charge in [-0.2, -0.15) is 0 Å². The minimum absolute atomic E-state index is 0.444. The number of carboxylic acid groups (broad SMARTS) is 2. The third kappa shape index (κ3) is 3.92. The summed E-state index contributed by atoms with van der Waals surface area (Å²) >= 11 is 0. The lowest BCUT2D eigenvalue weighted by Crippen LogP contribution is -2.27. The summed E-state index contributed by atoms with van der Waals surface area (Å²) in [6, 6.07) is 0. The Morgan fingerprint density at radius 3 is 2.08 bits per heavy atom. The van der Waals surface area contributed by atoms with Crippen molar-refractivity contribution < 1.29 is 19.8 Å². The van der Waals surface area contributed by atoms with Gasteiger partial charge in [0.25, 0.3) is 0 Å². The maximum atomic E-state index is 10.7. The summed E-state index contributed by atoms with van der Waals surface area (Å²) in [7, 11) is 0. The average molecular weight is 188 g/mol. The van der Waals surface area contributed by atoms with Crippen molar-refractivity contribution in [2.75, 3.05) is 0 Å². The van der Waals surface area contributed by atoms with Crippen molar-refractivity contribution in [1.82, 2.24) is 0 Å². The van der Waals surface area contributed by atoms with Gasteiger partial charge in [-0.25, -0.2) is 0 Å². The summed E-state index contributed by atoms with van der Waals surface area (Å²) < 4.78 is 0. The molecule has 0 radical (unpaired) electrons.